The van der Waals surface area contributed by atoms with E-state index in [4.69, 9.17) is 4.42 Å². The van der Waals surface area contributed by atoms with E-state index < -0.39 is 0 Å². The summed E-state index contributed by atoms with van der Waals surface area (Å²) in [5.41, 5.74) is 0. The summed E-state index contributed by atoms with van der Waals surface area (Å²) < 4.78 is 5.11. The van der Waals surface area contributed by atoms with E-state index in [0.717, 1.165) is 24.9 Å². The number of rotatable bonds is 4. The molecule has 2 heteroatoms. The van der Waals surface area contributed by atoms with E-state index in [1.165, 1.54) is 0 Å². The monoisotopic (exact) mass is 152 g/mol. The third kappa shape index (κ3) is 1.93. The zero-order valence-corrected chi connectivity index (χ0v) is 6.62. The maximum Gasteiger partial charge on any atom is 0.130 e. The summed E-state index contributed by atoms with van der Waals surface area (Å²) in [5.74, 6) is 0.733. The second-order valence-electron chi connectivity index (χ2n) is 2.55. The Hall–Kier alpha value is -1.05. The lowest BCUT2D eigenvalue weighted by Crippen LogP contribution is -1.97. The molecule has 0 fully saturated rings. The fourth-order valence-corrected chi connectivity index (χ4v) is 1.09. The molecule has 1 heterocycles. The van der Waals surface area contributed by atoms with Gasteiger partial charge in [0, 0.05) is 0 Å². The lowest BCUT2D eigenvalue weighted by atomic mass is 10.0. The topological polar surface area (TPSA) is 30.2 Å². The first kappa shape index (κ1) is 8.05. The van der Waals surface area contributed by atoms with Crippen LogP contribution in [0, 0.1) is 0 Å². The van der Waals surface area contributed by atoms with Crippen LogP contribution in [-0.4, -0.2) is 6.29 Å². The first-order chi connectivity index (χ1) is 5.38. The van der Waals surface area contributed by atoms with Crippen LogP contribution in [0.2, 0.25) is 0 Å². The Bertz CT molecular complexity index is 201. The molecule has 0 amide bonds. The Morgan fingerprint density at radius 3 is 3.00 bits per heavy atom. The highest BCUT2D eigenvalue weighted by Crippen LogP contribution is 2.18. The number of carbonyl (C=O) groups is 1. The van der Waals surface area contributed by atoms with E-state index in [1.807, 2.05) is 12.1 Å². The summed E-state index contributed by atoms with van der Waals surface area (Å²) in [5, 5.41) is 0. The zero-order chi connectivity index (χ0) is 8.10. The van der Waals surface area contributed by atoms with Gasteiger partial charge in [0.2, 0.25) is 0 Å². The van der Waals surface area contributed by atoms with Crippen molar-refractivity contribution >= 4 is 6.29 Å². The van der Waals surface area contributed by atoms with E-state index in [9.17, 15) is 4.79 Å². The molecule has 0 radical (unpaired) electrons. The summed E-state index contributed by atoms with van der Waals surface area (Å²) in [6, 6.07) is 3.65. The highest BCUT2D eigenvalue weighted by molar-refractivity contribution is 5.60. The first-order valence-electron chi connectivity index (χ1n) is 3.87. The fraction of sp³-hybridized carbons (Fsp3) is 0.444. The van der Waals surface area contributed by atoms with Gasteiger partial charge in [0.25, 0.3) is 0 Å². The maximum absolute atomic E-state index is 10.5. The van der Waals surface area contributed by atoms with Gasteiger partial charge in [-0.05, 0) is 18.6 Å². The fourth-order valence-electron chi connectivity index (χ4n) is 1.09. The van der Waals surface area contributed by atoms with Crippen molar-refractivity contribution in [1.82, 2.24) is 0 Å². The van der Waals surface area contributed by atoms with Crippen molar-refractivity contribution in [3.8, 4) is 0 Å². The maximum atomic E-state index is 10.5. The Morgan fingerprint density at radius 2 is 2.55 bits per heavy atom. The molecule has 11 heavy (non-hydrogen) atoms. The molecule has 0 saturated carbocycles. The third-order valence-electron chi connectivity index (χ3n) is 1.67. The van der Waals surface area contributed by atoms with E-state index in [1.54, 1.807) is 6.26 Å². The molecular formula is C9H12O2. The number of hydrogen-bond donors (Lipinski definition) is 0. The van der Waals surface area contributed by atoms with E-state index in [-0.39, 0.29) is 5.92 Å². The SMILES string of the molecule is CCCC(C=O)c1ccco1. The molecule has 1 aromatic heterocycles. The molecule has 0 aliphatic heterocycles. The normalized spacial score (nSPS) is 12.8. The van der Waals surface area contributed by atoms with Gasteiger partial charge in [0.15, 0.2) is 0 Å². The van der Waals surface area contributed by atoms with E-state index in [2.05, 4.69) is 6.92 Å². The van der Waals surface area contributed by atoms with Crippen molar-refractivity contribution in [2.45, 2.75) is 25.7 Å². The van der Waals surface area contributed by atoms with Crippen LogP contribution in [0.1, 0.15) is 31.4 Å². The van der Waals surface area contributed by atoms with Crippen LogP contribution >= 0.6 is 0 Å². The number of furan rings is 1. The molecular weight excluding hydrogens is 140 g/mol. The molecule has 60 valence electrons. The van der Waals surface area contributed by atoms with Crippen LogP contribution in [0.15, 0.2) is 22.8 Å². The lowest BCUT2D eigenvalue weighted by molar-refractivity contribution is -0.109. The summed E-state index contributed by atoms with van der Waals surface area (Å²) in [4.78, 5) is 10.5. The summed E-state index contributed by atoms with van der Waals surface area (Å²) in [6.45, 7) is 2.06. The Labute approximate surface area is 66.2 Å². The number of hydrogen-bond acceptors (Lipinski definition) is 2. The first-order valence-corrected chi connectivity index (χ1v) is 3.87. The smallest absolute Gasteiger partial charge is 0.130 e. The highest BCUT2D eigenvalue weighted by Gasteiger charge is 2.10. The molecule has 1 aromatic rings. The summed E-state index contributed by atoms with van der Waals surface area (Å²) >= 11 is 0. The standard InChI is InChI=1S/C9H12O2/c1-2-4-8(7-10)9-5-3-6-11-9/h3,5-8H,2,4H2,1H3. The van der Waals surface area contributed by atoms with Crippen molar-refractivity contribution in [2.24, 2.45) is 0 Å². The van der Waals surface area contributed by atoms with Crippen LogP contribution in [-0.2, 0) is 4.79 Å². The van der Waals surface area contributed by atoms with Gasteiger partial charge in [-0.25, -0.2) is 0 Å². The van der Waals surface area contributed by atoms with Crippen molar-refractivity contribution in [1.29, 1.82) is 0 Å². The van der Waals surface area contributed by atoms with Gasteiger partial charge in [-0.1, -0.05) is 13.3 Å². The summed E-state index contributed by atoms with van der Waals surface area (Å²) in [6.07, 6.45) is 4.42. The van der Waals surface area contributed by atoms with Crippen molar-refractivity contribution < 1.29 is 9.21 Å². The van der Waals surface area contributed by atoms with Crippen molar-refractivity contribution in [3.63, 3.8) is 0 Å². The molecule has 0 aromatic carbocycles. The van der Waals surface area contributed by atoms with Crippen LogP contribution in [0.4, 0.5) is 0 Å². The van der Waals surface area contributed by atoms with Crippen molar-refractivity contribution in [3.05, 3.63) is 24.2 Å². The van der Waals surface area contributed by atoms with Gasteiger partial charge in [-0.2, -0.15) is 0 Å². The molecule has 1 rings (SSSR count). The highest BCUT2D eigenvalue weighted by atomic mass is 16.3. The number of aldehydes is 1. The molecule has 0 bridgehead atoms. The Kier molecular flexibility index (Phi) is 2.90. The number of carbonyl (C=O) groups excluding carboxylic acids is 1. The van der Waals surface area contributed by atoms with Gasteiger partial charge < -0.3 is 9.21 Å². The molecule has 0 N–H and O–H groups in total. The molecule has 0 saturated heterocycles. The lowest BCUT2D eigenvalue weighted by Gasteiger charge is -2.02. The van der Waals surface area contributed by atoms with Crippen molar-refractivity contribution in [2.75, 3.05) is 0 Å². The Morgan fingerprint density at radius 1 is 1.73 bits per heavy atom. The van der Waals surface area contributed by atoms with Gasteiger partial charge in [0.05, 0.1) is 12.2 Å². The quantitative estimate of drug-likeness (QED) is 0.620. The third-order valence-corrected chi connectivity index (χ3v) is 1.67. The van der Waals surface area contributed by atoms with E-state index in [0.29, 0.717) is 0 Å². The largest absolute Gasteiger partial charge is 0.469 e. The minimum absolute atomic E-state index is 0.0463. The minimum atomic E-state index is -0.0463. The molecule has 2 nitrogen and oxygen atoms in total. The van der Waals surface area contributed by atoms with Crippen LogP contribution in [0.3, 0.4) is 0 Å². The second-order valence-corrected chi connectivity index (χ2v) is 2.55. The van der Waals surface area contributed by atoms with Gasteiger partial charge in [-0.15, -0.1) is 0 Å². The molecule has 0 aliphatic carbocycles. The minimum Gasteiger partial charge on any atom is -0.469 e. The predicted molar refractivity (Wildman–Crippen MR) is 42.4 cm³/mol. The Balaban J connectivity index is 2.63. The van der Waals surface area contributed by atoms with Gasteiger partial charge >= 0.3 is 0 Å². The van der Waals surface area contributed by atoms with Gasteiger partial charge in [-0.3, -0.25) is 0 Å². The molecule has 1 atom stereocenters. The van der Waals surface area contributed by atoms with Crippen LogP contribution in [0.5, 0.6) is 0 Å². The van der Waals surface area contributed by atoms with Crippen LogP contribution in [0.25, 0.3) is 0 Å². The van der Waals surface area contributed by atoms with Crippen LogP contribution < -0.4 is 0 Å². The molecule has 1 unspecified atom stereocenters. The molecule has 0 spiro atoms. The average molecular weight is 152 g/mol. The summed E-state index contributed by atoms with van der Waals surface area (Å²) in [7, 11) is 0. The average Bonchev–Trinajstić information content (AvgIpc) is 2.52. The predicted octanol–water partition coefficient (Wildman–Crippen LogP) is 2.36. The van der Waals surface area contributed by atoms with E-state index >= 15 is 0 Å². The molecule has 0 aliphatic rings. The van der Waals surface area contributed by atoms with Gasteiger partial charge in [0.1, 0.15) is 12.0 Å². The second kappa shape index (κ2) is 3.96. The zero-order valence-electron chi connectivity index (χ0n) is 6.62.